The molecule has 1 aliphatic rings. The molecule has 0 spiro atoms. The summed E-state index contributed by atoms with van der Waals surface area (Å²) in [6.07, 6.45) is 5.42. The highest BCUT2D eigenvalue weighted by atomic mass is 16.2. The Morgan fingerprint density at radius 1 is 1.32 bits per heavy atom. The highest BCUT2D eigenvalue weighted by Crippen LogP contribution is 2.21. The molecule has 1 aliphatic heterocycles. The van der Waals surface area contributed by atoms with Crippen LogP contribution in [0.3, 0.4) is 0 Å². The predicted molar refractivity (Wildman–Crippen MR) is 85.3 cm³/mol. The summed E-state index contributed by atoms with van der Waals surface area (Å²) in [6.45, 7) is 3.57. The van der Waals surface area contributed by atoms with Crippen LogP contribution < -0.4 is 5.32 Å². The third-order valence-electron chi connectivity index (χ3n) is 3.94. The summed E-state index contributed by atoms with van der Waals surface area (Å²) in [7, 11) is 0. The maximum Gasteiger partial charge on any atom is 0.241 e. The number of amides is 1. The molecule has 114 valence electrons. The van der Waals surface area contributed by atoms with Gasteiger partial charge in [-0.25, -0.2) is 0 Å². The zero-order valence-electron chi connectivity index (χ0n) is 12.7. The van der Waals surface area contributed by atoms with E-state index in [1.54, 1.807) is 12.4 Å². The van der Waals surface area contributed by atoms with E-state index in [4.69, 9.17) is 0 Å². The van der Waals surface area contributed by atoms with E-state index in [2.05, 4.69) is 20.2 Å². The molecule has 1 unspecified atom stereocenters. The van der Waals surface area contributed by atoms with Crippen LogP contribution in [0.2, 0.25) is 0 Å². The molecule has 0 radical (unpaired) electrons. The summed E-state index contributed by atoms with van der Waals surface area (Å²) >= 11 is 0. The van der Waals surface area contributed by atoms with Crippen molar-refractivity contribution < 1.29 is 4.79 Å². The summed E-state index contributed by atoms with van der Waals surface area (Å²) < 4.78 is 0. The van der Waals surface area contributed by atoms with E-state index in [0.717, 1.165) is 36.5 Å². The molecule has 0 bridgehead atoms. The van der Waals surface area contributed by atoms with E-state index in [-0.39, 0.29) is 11.9 Å². The maximum absolute atomic E-state index is 12.5. The average Bonchev–Trinajstić information content (AvgIpc) is 2.99. The molecular formula is C17H20N4O. The van der Waals surface area contributed by atoms with E-state index in [1.165, 1.54) is 0 Å². The molecule has 2 aromatic rings. The summed E-state index contributed by atoms with van der Waals surface area (Å²) in [5.41, 5.74) is 2.69. The molecule has 1 amide bonds. The van der Waals surface area contributed by atoms with Gasteiger partial charge in [-0.1, -0.05) is 6.07 Å². The Kier molecular flexibility index (Phi) is 4.44. The summed E-state index contributed by atoms with van der Waals surface area (Å²) in [6, 6.07) is 9.57. The number of likely N-dealkylation sites (tertiary alicyclic amines) is 1. The number of hydrogen-bond acceptors (Lipinski definition) is 4. The first kappa shape index (κ1) is 14.7. The van der Waals surface area contributed by atoms with Gasteiger partial charge in [-0.05, 0) is 50.6 Å². The van der Waals surface area contributed by atoms with Gasteiger partial charge in [0.25, 0.3) is 0 Å². The Hall–Kier alpha value is -2.27. The van der Waals surface area contributed by atoms with Crippen LogP contribution in [0.1, 0.15) is 24.2 Å². The van der Waals surface area contributed by atoms with Crippen LogP contribution in [0.15, 0.2) is 42.7 Å². The molecule has 0 saturated carbocycles. The molecular weight excluding hydrogens is 276 g/mol. The first-order valence-corrected chi connectivity index (χ1v) is 7.60. The molecule has 1 saturated heterocycles. The first-order chi connectivity index (χ1) is 10.7. The summed E-state index contributed by atoms with van der Waals surface area (Å²) in [5.74, 6) is 0.0408. The van der Waals surface area contributed by atoms with Gasteiger partial charge >= 0.3 is 0 Å². The number of aromatic nitrogens is 2. The Morgan fingerprint density at radius 2 is 2.23 bits per heavy atom. The minimum Gasteiger partial charge on any atom is -0.323 e. The molecule has 1 atom stereocenters. The third-order valence-corrected chi connectivity index (χ3v) is 3.94. The lowest BCUT2D eigenvalue weighted by atomic mass is 10.2. The lowest BCUT2D eigenvalue weighted by molar-refractivity contribution is -0.120. The van der Waals surface area contributed by atoms with Gasteiger partial charge in [-0.3, -0.25) is 19.7 Å². The summed E-state index contributed by atoms with van der Waals surface area (Å²) in [5, 5.41) is 2.96. The van der Waals surface area contributed by atoms with Crippen molar-refractivity contribution in [1.82, 2.24) is 14.9 Å². The molecule has 0 aliphatic carbocycles. The zero-order valence-corrected chi connectivity index (χ0v) is 12.7. The van der Waals surface area contributed by atoms with Crippen LogP contribution in [-0.4, -0.2) is 33.4 Å². The normalized spacial score (nSPS) is 18.3. The fraction of sp³-hybridized carbons (Fsp3) is 0.353. The predicted octanol–water partition coefficient (Wildman–Crippen LogP) is 2.39. The van der Waals surface area contributed by atoms with Gasteiger partial charge in [0.15, 0.2) is 0 Å². The van der Waals surface area contributed by atoms with Gasteiger partial charge < -0.3 is 5.32 Å². The van der Waals surface area contributed by atoms with Gasteiger partial charge in [0.05, 0.1) is 23.6 Å². The van der Waals surface area contributed by atoms with Crippen molar-refractivity contribution in [2.75, 3.05) is 11.9 Å². The van der Waals surface area contributed by atoms with E-state index < -0.39 is 0 Å². The van der Waals surface area contributed by atoms with Crippen molar-refractivity contribution in [3.63, 3.8) is 0 Å². The van der Waals surface area contributed by atoms with Crippen LogP contribution in [0.5, 0.6) is 0 Å². The van der Waals surface area contributed by atoms with E-state index in [0.29, 0.717) is 6.54 Å². The van der Waals surface area contributed by atoms with Gasteiger partial charge in [0.1, 0.15) is 0 Å². The molecule has 3 rings (SSSR count). The number of pyridine rings is 2. The molecule has 0 aromatic carbocycles. The second kappa shape index (κ2) is 6.66. The number of carbonyl (C=O) groups excluding carboxylic acids is 1. The Balaban J connectivity index is 1.64. The number of nitrogens with zero attached hydrogens (tertiary/aromatic N) is 3. The molecule has 2 aromatic heterocycles. The Labute approximate surface area is 130 Å². The SMILES string of the molecule is Cc1ccc(NC(=O)C2CCCN2Cc2ccccn2)cn1. The maximum atomic E-state index is 12.5. The smallest absolute Gasteiger partial charge is 0.241 e. The largest absolute Gasteiger partial charge is 0.323 e. The molecule has 1 fully saturated rings. The fourth-order valence-corrected chi connectivity index (χ4v) is 2.78. The van der Waals surface area contributed by atoms with Crippen LogP contribution >= 0.6 is 0 Å². The topological polar surface area (TPSA) is 58.1 Å². The van der Waals surface area contributed by atoms with Crippen molar-refractivity contribution in [1.29, 1.82) is 0 Å². The highest BCUT2D eigenvalue weighted by Gasteiger charge is 2.30. The Morgan fingerprint density at radius 3 is 2.95 bits per heavy atom. The van der Waals surface area contributed by atoms with Crippen molar-refractivity contribution in [3.8, 4) is 0 Å². The molecule has 3 heterocycles. The number of aryl methyl sites for hydroxylation is 1. The standard InChI is InChI=1S/C17H20N4O/c1-13-7-8-14(11-19-13)20-17(22)16-6-4-10-21(16)12-15-5-2-3-9-18-15/h2-3,5,7-9,11,16H,4,6,10,12H2,1H3,(H,20,22). The zero-order chi connectivity index (χ0) is 15.4. The van der Waals surface area contributed by atoms with E-state index in [9.17, 15) is 4.79 Å². The van der Waals surface area contributed by atoms with Crippen LogP contribution in [0, 0.1) is 6.92 Å². The minimum atomic E-state index is -0.0942. The number of rotatable bonds is 4. The number of carbonyl (C=O) groups is 1. The van der Waals surface area contributed by atoms with Gasteiger partial charge in [-0.2, -0.15) is 0 Å². The lowest BCUT2D eigenvalue weighted by Crippen LogP contribution is -2.39. The van der Waals surface area contributed by atoms with Crippen LogP contribution in [0.4, 0.5) is 5.69 Å². The third kappa shape index (κ3) is 3.49. The fourth-order valence-electron chi connectivity index (χ4n) is 2.78. The van der Waals surface area contributed by atoms with E-state index >= 15 is 0 Å². The second-order valence-corrected chi connectivity index (χ2v) is 5.63. The average molecular weight is 296 g/mol. The van der Waals surface area contributed by atoms with Crippen molar-refractivity contribution in [2.45, 2.75) is 32.4 Å². The lowest BCUT2D eigenvalue weighted by Gasteiger charge is -2.23. The van der Waals surface area contributed by atoms with Crippen molar-refractivity contribution in [3.05, 3.63) is 54.1 Å². The second-order valence-electron chi connectivity index (χ2n) is 5.63. The molecule has 5 heteroatoms. The van der Waals surface area contributed by atoms with Crippen LogP contribution in [0.25, 0.3) is 0 Å². The highest BCUT2D eigenvalue weighted by molar-refractivity contribution is 5.94. The number of nitrogens with one attached hydrogen (secondary N) is 1. The molecule has 1 N–H and O–H groups in total. The van der Waals surface area contributed by atoms with Crippen LogP contribution in [-0.2, 0) is 11.3 Å². The molecule has 22 heavy (non-hydrogen) atoms. The molecule has 5 nitrogen and oxygen atoms in total. The summed E-state index contributed by atoms with van der Waals surface area (Å²) in [4.78, 5) is 23.2. The van der Waals surface area contributed by atoms with E-state index in [1.807, 2.05) is 37.3 Å². The van der Waals surface area contributed by atoms with Gasteiger partial charge in [0.2, 0.25) is 5.91 Å². The monoisotopic (exact) mass is 296 g/mol. The van der Waals surface area contributed by atoms with Crippen molar-refractivity contribution >= 4 is 11.6 Å². The Bertz CT molecular complexity index is 627. The number of hydrogen-bond donors (Lipinski definition) is 1. The van der Waals surface area contributed by atoms with Gasteiger partial charge in [-0.15, -0.1) is 0 Å². The first-order valence-electron chi connectivity index (χ1n) is 7.60. The van der Waals surface area contributed by atoms with Gasteiger partial charge in [0, 0.05) is 18.4 Å². The minimum absolute atomic E-state index is 0.0408. The quantitative estimate of drug-likeness (QED) is 0.941. The number of anilines is 1. The van der Waals surface area contributed by atoms with Crippen molar-refractivity contribution in [2.24, 2.45) is 0 Å².